The highest BCUT2D eigenvalue weighted by Crippen LogP contribution is 2.21. The Morgan fingerprint density at radius 1 is 1.25 bits per heavy atom. The molecule has 0 aliphatic rings. The average molecular weight is 168 g/mol. The molecule has 1 N–H and O–H groups in total. The van der Waals surface area contributed by atoms with Crippen LogP contribution in [0.2, 0.25) is 0 Å². The minimum atomic E-state index is 0.344. The molecule has 1 aromatic rings. The summed E-state index contributed by atoms with van der Waals surface area (Å²) in [7, 11) is 0. The second-order valence-electron chi connectivity index (χ2n) is 2.77. The number of aromatic nitrogens is 2. The summed E-state index contributed by atoms with van der Waals surface area (Å²) in [5.74, 6) is 0.344. The van der Waals surface area contributed by atoms with E-state index in [1.54, 1.807) is 4.68 Å². The Balaban J connectivity index is 3.13. The fourth-order valence-corrected chi connectivity index (χ4v) is 1.41. The molecule has 0 fully saturated rings. The topological polar surface area (TPSA) is 38.0 Å². The second kappa shape index (κ2) is 3.61. The zero-order valence-electron chi connectivity index (χ0n) is 7.96. The predicted octanol–water partition coefficient (Wildman–Crippen LogP) is 1.73. The minimum Gasteiger partial charge on any atom is -0.493 e. The monoisotopic (exact) mass is 168 g/mol. The van der Waals surface area contributed by atoms with Crippen molar-refractivity contribution in [1.29, 1.82) is 0 Å². The molecule has 0 atom stereocenters. The van der Waals surface area contributed by atoms with Gasteiger partial charge in [0.2, 0.25) is 5.88 Å². The van der Waals surface area contributed by atoms with Crippen LogP contribution < -0.4 is 0 Å². The Hall–Kier alpha value is -0.990. The summed E-state index contributed by atoms with van der Waals surface area (Å²) >= 11 is 0. The van der Waals surface area contributed by atoms with E-state index in [1.165, 1.54) is 0 Å². The van der Waals surface area contributed by atoms with Crippen molar-refractivity contribution in [3.63, 3.8) is 0 Å². The van der Waals surface area contributed by atoms with Gasteiger partial charge in [-0.25, -0.2) is 4.68 Å². The summed E-state index contributed by atoms with van der Waals surface area (Å²) in [6.07, 6.45) is 1.75. The van der Waals surface area contributed by atoms with Gasteiger partial charge in [-0.15, -0.1) is 0 Å². The van der Waals surface area contributed by atoms with Crippen molar-refractivity contribution in [3.05, 3.63) is 11.3 Å². The third-order valence-corrected chi connectivity index (χ3v) is 2.09. The van der Waals surface area contributed by atoms with Crippen molar-refractivity contribution in [2.24, 2.45) is 0 Å². The van der Waals surface area contributed by atoms with Crippen LogP contribution in [0.3, 0.4) is 0 Å². The molecular weight excluding hydrogens is 152 g/mol. The van der Waals surface area contributed by atoms with Crippen LogP contribution in [-0.4, -0.2) is 14.9 Å². The molecule has 68 valence electrons. The molecule has 0 saturated heterocycles. The van der Waals surface area contributed by atoms with E-state index in [4.69, 9.17) is 0 Å². The number of aryl methyl sites for hydroxylation is 2. The molecule has 0 aliphatic heterocycles. The molecular formula is C9H16N2O. The summed E-state index contributed by atoms with van der Waals surface area (Å²) in [4.78, 5) is 0. The lowest BCUT2D eigenvalue weighted by atomic mass is 10.1. The molecule has 0 aliphatic carbocycles. The molecule has 1 rings (SSSR count). The van der Waals surface area contributed by atoms with Crippen molar-refractivity contribution < 1.29 is 5.11 Å². The van der Waals surface area contributed by atoms with E-state index in [-0.39, 0.29) is 0 Å². The summed E-state index contributed by atoms with van der Waals surface area (Å²) < 4.78 is 1.65. The summed E-state index contributed by atoms with van der Waals surface area (Å²) in [5, 5.41) is 13.9. The second-order valence-corrected chi connectivity index (χ2v) is 2.77. The van der Waals surface area contributed by atoms with E-state index < -0.39 is 0 Å². The molecule has 0 aromatic carbocycles. The largest absolute Gasteiger partial charge is 0.493 e. The van der Waals surface area contributed by atoms with Gasteiger partial charge in [0.05, 0.1) is 5.69 Å². The highest BCUT2D eigenvalue weighted by atomic mass is 16.3. The van der Waals surface area contributed by atoms with E-state index in [1.807, 2.05) is 13.8 Å². The van der Waals surface area contributed by atoms with Crippen LogP contribution >= 0.6 is 0 Å². The Morgan fingerprint density at radius 3 is 2.25 bits per heavy atom. The van der Waals surface area contributed by atoms with Gasteiger partial charge in [0.25, 0.3) is 0 Å². The highest BCUT2D eigenvalue weighted by molar-refractivity contribution is 5.30. The van der Waals surface area contributed by atoms with Crippen molar-refractivity contribution in [2.75, 3.05) is 0 Å². The maximum Gasteiger partial charge on any atom is 0.212 e. The Morgan fingerprint density at radius 2 is 1.92 bits per heavy atom. The van der Waals surface area contributed by atoms with Crippen molar-refractivity contribution in [2.45, 2.75) is 40.2 Å². The van der Waals surface area contributed by atoms with Crippen LogP contribution in [-0.2, 0) is 19.4 Å². The van der Waals surface area contributed by atoms with Crippen LogP contribution in [0, 0.1) is 0 Å². The molecule has 0 saturated carbocycles. The molecule has 0 bridgehead atoms. The number of hydrogen-bond donors (Lipinski definition) is 1. The van der Waals surface area contributed by atoms with Crippen molar-refractivity contribution in [3.8, 4) is 5.88 Å². The van der Waals surface area contributed by atoms with E-state index in [0.717, 1.165) is 30.6 Å². The molecule has 0 radical (unpaired) electrons. The van der Waals surface area contributed by atoms with Gasteiger partial charge >= 0.3 is 0 Å². The summed E-state index contributed by atoms with van der Waals surface area (Å²) in [6.45, 7) is 6.81. The van der Waals surface area contributed by atoms with Crippen molar-refractivity contribution >= 4 is 0 Å². The molecule has 3 heteroatoms. The van der Waals surface area contributed by atoms with Gasteiger partial charge < -0.3 is 5.11 Å². The van der Waals surface area contributed by atoms with Crippen LogP contribution in [0.1, 0.15) is 32.0 Å². The fraction of sp³-hybridized carbons (Fsp3) is 0.667. The maximum absolute atomic E-state index is 9.64. The van der Waals surface area contributed by atoms with Crippen molar-refractivity contribution in [1.82, 2.24) is 9.78 Å². The lowest BCUT2D eigenvalue weighted by Gasteiger charge is -1.97. The SMILES string of the molecule is CCc1nn(CC)c(O)c1CC. The first kappa shape index (κ1) is 9.10. The first-order valence-electron chi connectivity index (χ1n) is 4.52. The van der Waals surface area contributed by atoms with Gasteiger partial charge in [-0.3, -0.25) is 0 Å². The number of aromatic hydroxyl groups is 1. The van der Waals surface area contributed by atoms with E-state index in [2.05, 4.69) is 12.0 Å². The Bertz CT molecular complexity index is 266. The van der Waals surface area contributed by atoms with E-state index in [0.29, 0.717) is 5.88 Å². The molecule has 1 heterocycles. The highest BCUT2D eigenvalue weighted by Gasteiger charge is 2.12. The third kappa shape index (κ3) is 1.31. The Labute approximate surface area is 73.0 Å². The molecule has 1 aromatic heterocycles. The van der Waals surface area contributed by atoms with Gasteiger partial charge in [-0.2, -0.15) is 5.10 Å². The van der Waals surface area contributed by atoms with Crippen LogP contribution in [0.15, 0.2) is 0 Å². The lowest BCUT2D eigenvalue weighted by molar-refractivity contribution is 0.400. The zero-order valence-corrected chi connectivity index (χ0v) is 7.96. The van der Waals surface area contributed by atoms with Gasteiger partial charge in [0.15, 0.2) is 0 Å². The number of hydrogen-bond acceptors (Lipinski definition) is 2. The van der Waals surface area contributed by atoms with E-state index in [9.17, 15) is 5.11 Å². The summed E-state index contributed by atoms with van der Waals surface area (Å²) in [6, 6.07) is 0. The Kier molecular flexibility index (Phi) is 2.74. The standard InChI is InChI=1S/C9H16N2O/c1-4-7-8(5-2)10-11(6-3)9(7)12/h12H,4-6H2,1-3H3. The molecule has 0 amide bonds. The van der Waals surface area contributed by atoms with Crippen LogP contribution in [0.5, 0.6) is 5.88 Å². The van der Waals surface area contributed by atoms with Gasteiger partial charge in [0, 0.05) is 12.1 Å². The third-order valence-electron chi connectivity index (χ3n) is 2.09. The van der Waals surface area contributed by atoms with E-state index >= 15 is 0 Å². The average Bonchev–Trinajstić information content (AvgIpc) is 2.41. The van der Waals surface area contributed by atoms with Crippen LogP contribution in [0.4, 0.5) is 0 Å². The van der Waals surface area contributed by atoms with Gasteiger partial charge in [-0.1, -0.05) is 13.8 Å². The molecule has 0 spiro atoms. The minimum absolute atomic E-state index is 0.344. The number of nitrogens with zero attached hydrogens (tertiary/aromatic N) is 2. The zero-order chi connectivity index (χ0) is 9.14. The summed E-state index contributed by atoms with van der Waals surface area (Å²) in [5.41, 5.74) is 2.02. The van der Waals surface area contributed by atoms with Crippen LogP contribution in [0.25, 0.3) is 0 Å². The first-order chi connectivity index (χ1) is 5.74. The quantitative estimate of drug-likeness (QED) is 0.746. The van der Waals surface area contributed by atoms with Gasteiger partial charge in [-0.05, 0) is 19.8 Å². The molecule has 0 unspecified atom stereocenters. The normalized spacial score (nSPS) is 10.6. The predicted molar refractivity (Wildman–Crippen MR) is 48.3 cm³/mol. The smallest absolute Gasteiger partial charge is 0.212 e. The lowest BCUT2D eigenvalue weighted by Crippen LogP contribution is -1.95. The number of rotatable bonds is 3. The fourth-order valence-electron chi connectivity index (χ4n) is 1.41. The maximum atomic E-state index is 9.64. The molecule has 3 nitrogen and oxygen atoms in total. The first-order valence-corrected chi connectivity index (χ1v) is 4.52. The molecule has 12 heavy (non-hydrogen) atoms. The van der Waals surface area contributed by atoms with Gasteiger partial charge in [0.1, 0.15) is 0 Å².